The van der Waals surface area contributed by atoms with Crippen LogP contribution in [-0.4, -0.2) is 26.6 Å². The van der Waals surface area contributed by atoms with Crippen LogP contribution in [0, 0.1) is 17.5 Å². The van der Waals surface area contributed by atoms with Gasteiger partial charge in [-0.2, -0.15) is 5.10 Å². The number of anilines is 1. The summed E-state index contributed by atoms with van der Waals surface area (Å²) in [6, 6.07) is 1.38. The first-order valence-corrected chi connectivity index (χ1v) is 6.74. The van der Waals surface area contributed by atoms with E-state index in [9.17, 15) is 18.0 Å². The monoisotopic (exact) mass is 317 g/mol. The summed E-state index contributed by atoms with van der Waals surface area (Å²) in [5, 5.41) is 13.2. The van der Waals surface area contributed by atoms with Gasteiger partial charge < -0.3 is 10.8 Å². The second-order valence-corrected chi connectivity index (χ2v) is 5.19. The minimum atomic E-state index is -1.62. The minimum Gasteiger partial charge on any atom is -0.477 e. The Balaban J connectivity index is 2.65. The standard InChI is InChI=1S/C12H10F3N3O2S/c1-2-21-11-8(12(19)20)10(16)18(17-11)5-3-6(13)9(15)7(14)4-5/h3-4H,2,16H2,1H3,(H,19,20). The topological polar surface area (TPSA) is 81.1 Å². The third kappa shape index (κ3) is 2.68. The van der Waals surface area contributed by atoms with Gasteiger partial charge in [-0.15, -0.1) is 11.8 Å². The van der Waals surface area contributed by atoms with Crippen LogP contribution in [-0.2, 0) is 0 Å². The van der Waals surface area contributed by atoms with E-state index in [-0.39, 0.29) is 22.1 Å². The predicted molar refractivity (Wildman–Crippen MR) is 71.2 cm³/mol. The normalized spacial score (nSPS) is 10.9. The molecule has 3 N–H and O–H groups in total. The van der Waals surface area contributed by atoms with Gasteiger partial charge >= 0.3 is 5.97 Å². The number of nitrogens with zero attached hydrogens (tertiary/aromatic N) is 2. The number of rotatable bonds is 4. The van der Waals surface area contributed by atoms with E-state index < -0.39 is 23.4 Å². The first-order chi connectivity index (χ1) is 9.86. The zero-order valence-corrected chi connectivity index (χ0v) is 11.5. The summed E-state index contributed by atoms with van der Waals surface area (Å²) in [5.41, 5.74) is 5.22. The molecule has 21 heavy (non-hydrogen) atoms. The maximum atomic E-state index is 13.3. The molecule has 9 heteroatoms. The minimum absolute atomic E-state index is 0.118. The molecule has 0 amide bonds. The first kappa shape index (κ1) is 15.2. The third-order valence-electron chi connectivity index (χ3n) is 2.60. The molecular formula is C12H10F3N3O2S. The van der Waals surface area contributed by atoms with E-state index in [1.54, 1.807) is 6.92 Å². The average Bonchev–Trinajstić information content (AvgIpc) is 2.73. The van der Waals surface area contributed by atoms with Crippen LogP contribution < -0.4 is 5.73 Å². The maximum absolute atomic E-state index is 13.3. The highest BCUT2D eigenvalue weighted by atomic mass is 32.2. The van der Waals surface area contributed by atoms with E-state index in [4.69, 9.17) is 10.8 Å². The molecule has 2 rings (SSSR count). The Morgan fingerprint density at radius 3 is 2.43 bits per heavy atom. The molecule has 2 aromatic rings. The van der Waals surface area contributed by atoms with Crippen LogP contribution in [0.15, 0.2) is 17.2 Å². The highest BCUT2D eigenvalue weighted by molar-refractivity contribution is 7.99. The molecule has 1 heterocycles. The summed E-state index contributed by atoms with van der Waals surface area (Å²) in [6.45, 7) is 1.78. The molecule has 0 aliphatic heterocycles. The fraction of sp³-hybridized carbons (Fsp3) is 0.167. The number of carboxylic acids is 1. The van der Waals surface area contributed by atoms with Crippen molar-refractivity contribution < 1.29 is 23.1 Å². The summed E-state index contributed by atoms with van der Waals surface area (Å²) in [7, 11) is 0. The van der Waals surface area contributed by atoms with Gasteiger partial charge in [-0.3, -0.25) is 0 Å². The molecule has 0 unspecified atom stereocenters. The lowest BCUT2D eigenvalue weighted by molar-refractivity contribution is 0.0694. The molecule has 0 saturated heterocycles. The lowest BCUT2D eigenvalue weighted by Crippen LogP contribution is -2.07. The number of carboxylic acid groups (broad SMARTS) is 1. The molecule has 0 spiro atoms. The highest BCUT2D eigenvalue weighted by Crippen LogP contribution is 2.29. The molecule has 1 aromatic heterocycles. The summed E-state index contributed by atoms with van der Waals surface area (Å²) in [6.07, 6.45) is 0. The second-order valence-electron chi connectivity index (χ2n) is 3.94. The van der Waals surface area contributed by atoms with Gasteiger partial charge in [-0.25, -0.2) is 22.6 Å². The second kappa shape index (κ2) is 5.68. The lowest BCUT2D eigenvalue weighted by atomic mass is 10.2. The van der Waals surface area contributed by atoms with E-state index in [0.717, 1.165) is 16.4 Å². The van der Waals surface area contributed by atoms with E-state index in [1.165, 1.54) is 0 Å². The Kier molecular flexibility index (Phi) is 4.12. The first-order valence-electron chi connectivity index (χ1n) is 5.76. The van der Waals surface area contributed by atoms with Gasteiger partial charge in [0.05, 0.1) is 5.69 Å². The quantitative estimate of drug-likeness (QED) is 0.669. The van der Waals surface area contributed by atoms with Crippen LogP contribution in [0.5, 0.6) is 0 Å². The van der Waals surface area contributed by atoms with Crippen molar-refractivity contribution >= 4 is 23.5 Å². The van der Waals surface area contributed by atoms with Crippen molar-refractivity contribution in [2.24, 2.45) is 0 Å². The molecule has 0 aliphatic rings. The van der Waals surface area contributed by atoms with Crippen molar-refractivity contribution in [3.8, 4) is 5.69 Å². The highest BCUT2D eigenvalue weighted by Gasteiger charge is 2.23. The molecule has 0 saturated carbocycles. The Labute approximate surface area is 121 Å². The van der Waals surface area contributed by atoms with Crippen molar-refractivity contribution in [2.45, 2.75) is 11.9 Å². The Bertz CT molecular complexity index is 695. The predicted octanol–water partition coefficient (Wildman–Crippen LogP) is 2.68. The molecule has 112 valence electrons. The molecule has 1 aromatic carbocycles. The van der Waals surface area contributed by atoms with E-state index >= 15 is 0 Å². The van der Waals surface area contributed by atoms with Crippen LogP contribution in [0.4, 0.5) is 19.0 Å². The zero-order chi connectivity index (χ0) is 15.7. The van der Waals surface area contributed by atoms with Gasteiger partial charge in [0, 0.05) is 12.1 Å². The van der Waals surface area contributed by atoms with E-state index in [1.807, 2.05) is 0 Å². The fourth-order valence-electron chi connectivity index (χ4n) is 1.71. The van der Waals surface area contributed by atoms with Crippen molar-refractivity contribution in [2.75, 3.05) is 11.5 Å². The van der Waals surface area contributed by atoms with Crippen molar-refractivity contribution in [3.63, 3.8) is 0 Å². The number of hydrogen-bond acceptors (Lipinski definition) is 4. The van der Waals surface area contributed by atoms with E-state index in [0.29, 0.717) is 17.9 Å². The summed E-state index contributed by atoms with van der Waals surface area (Å²) < 4.78 is 40.3. The smallest absolute Gasteiger partial charge is 0.342 e. The number of halogens is 3. The molecule has 0 atom stereocenters. The van der Waals surface area contributed by atoms with E-state index in [2.05, 4.69) is 5.10 Å². The Hall–Kier alpha value is -2.16. The Morgan fingerprint density at radius 1 is 1.38 bits per heavy atom. The van der Waals surface area contributed by atoms with Crippen molar-refractivity contribution in [3.05, 3.63) is 35.1 Å². The maximum Gasteiger partial charge on any atom is 0.342 e. The van der Waals surface area contributed by atoms with Gasteiger partial charge in [-0.05, 0) is 5.75 Å². The molecule has 0 bridgehead atoms. The summed E-state index contributed by atoms with van der Waals surface area (Å²) in [5.74, 6) is -5.52. The van der Waals surface area contributed by atoms with Gasteiger partial charge in [0.2, 0.25) is 0 Å². The summed E-state index contributed by atoms with van der Waals surface area (Å²) in [4.78, 5) is 11.2. The zero-order valence-electron chi connectivity index (χ0n) is 10.7. The third-order valence-corrected chi connectivity index (χ3v) is 3.44. The van der Waals surface area contributed by atoms with Crippen LogP contribution in [0.25, 0.3) is 5.69 Å². The van der Waals surface area contributed by atoms with Crippen molar-refractivity contribution in [1.29, 1.82) is 0 Å². The number of thioether (sulfide) groups is 1. The lowest BCUT2D eigenvalue weighted by Gasteiger charge is -2.05. The number of benzene rings is 1. The van der Waals surface area contributed by atoms with Crippen molar-refractivity contribution in [1.82, 2.24) is 9.78 Å². The van der Waals surface area contributed by atoms with Gasteiger partial charge in [0.1, 0.15) is 16.4 Å². The van der Waals surface area contributed by atoms with Crippen LogP contribution in [0.3, 0.4) is 0 Å². The SMILES string of the molecule is CCSc1nn(-c2cc(F)c(F)c(F)c2)c(N)c1C(=O)O. The summed E-state index contributed by atoms with van der Waals surface area (Å²) >= 11 is 1.12. The molecular weight excluding hydrogens is 307 g/mol. The number of nitrogen functional groups attached to an aromatic ring is 1. The number of nitrogens with two attached hydrogens (primary N) is 1. The van der Waals surface area contributed by atoms with Crippen LogP contribution >= 0.6 is 11.8 Å². The van der Waals surface area contributed by atoms with Crippen LogP contribution in [0.2, 0.25) is 0 Å². The van der Waals surface area contributed by atoms with Gasteiger partial charge in [0.25, 0.3) is 0 Å². The van der Waals surface area contributed by atoms with Crippen LogP contribution in [0.1, 0.15) is 17.3 Å². The molecule has 0 fully saturated rings. The number of hydrogen-bond donors (Lipinski definition) is 2. The van der Waals surface area contributed by atoms with Gasteiger partial charge in [-0.1, -0.05) is 6.92 Å². The largest absolute Gasteiger partial charge is 0.477 e. The molecule has 5 nitrogen and oxygen atoms in total. The molecule has 0 aliphatic carbocycles. The van der Waals surface area contributed by atoms with Gasteiger partial charge in [0.15, 0.2) is 17.5 Å². The number of aromatic carboxylic acids is 1. The fourth-order valence-corrected chi connectivity index (χ4v) is 2.46. The average molecular weight is 317 g/mol. The number of aromatic nitrogens is 2. The molecule has 0 radical (unpaired) electrons. The number of carbonyl (C=O) groups is 1. The Morgan fingerprint density at radius 2 is 1.95 bits per heavy atom.